The number of carbonyl (C=O) groups excluding carboxylic acids is 1. The maximum Gasteiger partial charge on any atom is 0.242 e. The predicted molar refractivity (Wildman–Crippen MR) is 88.1 cm³/mol. The third-order valence-corrected chi connectivity index (χ3v) is 4.60. The van der Waals surface area contributed by atoms with Gasteiger partial charge in [0.1, 0.15) is 18.2 Å². The number of amides is 1. The lowest BCUT2D eigenvalue weighted by molar-refractivity contribution is -0.133. The van der Waals surface area contributed by atoms with Gasteiger partial charge in [0.2, 0.25) is 5.91 Å². The maximum atomic E-state index is 12.7. The molecule has 0 spiro atoms. The summed E-state index contributed by atoms with van der Waals surface area (Å²) in [5, 5.41) is 0. The Morgan fingerprint density at radius 1 is 1.43 bits per heavy atom. The van der Waals surface area contributed by atoms with Crippen molar-refractivity contribution in [2.45, 2.75) is 45.6 Å². The van der Waals surface area contributed by atoms with Gasteiger partial charge in [0.05, 0.1) is 5.69 Å². The fourth-order valence-electron chi connectivity index (χ4n) is 3.47. The second-order valence-corrected chi connectivity index (χ2v) is 6.36. The topological polar surface area (TPSA) is 56.0 Å². The second-order valence-electron chi connectivity index (χ2n) is 6.36. The van der Waals surface area contributed by atoms with E-state index in [4.69, 9.17) is 0 Å². The van der Waals surface area contributed by atoms with Gasteiger partial charge < -0.3 is 14.0 Å². The van der Waals surface area contributed by atoms with Crippen LogP contribution in [-0.4, -0.2) is 43.0 Å². The van der Waals surface area contributed by atoms with E-state index in [1.165, 1.54) is 0 Å². The summed E-state index contributed by atoms with van der Waals surface area (Å²) in [6.07, 6.45) is 8.68. The number of rotatable bonds is 4. The van der Waals surface area contributed by atoms with Crippen LogP contribution < -0.4 is 0 Å². The van der Waals surface area contributed by atoms with Crippen molar-refractivity contribution in [2.75, 3.05) is 13.1 Å². The van der Waals surface area contributed by atoms with E-state index in [1.54, 1.807) is 6.20 Å². The molecule has 2 aromatic rings. The highest BCUT2D eigenvalue weighted by atomic mass is 16.2. The van der Waals surface area contributed by atoms with Crippen LogP contribution in [0.15, 0.2) is 18.6 Å². The molecular formula is C17H25N5O. The molecule has 1 aliphatic rings. The molecule has 3 rings (SSSR count). The molecule has 0 aliphatic carbocycles. The zero-order valence-corrected chi connectivity index (χ0v) is 14.2. The number of aryl methyl sites for hydroxylation is 3. The van der Waals surface area contributed by atoms with Gasteiger partial charge in [-0.1, -0.05) is 6.92 Å². The average Bonchev–Trinajstić information content (AvgIpc) is 3.13. The molecule has 6 heteroatoms. The Morgan fingerprint density at radius 2 is 2.26 bits per heavy atom. The summed E-state index contributed by atoms with van der Waals surface area (Å²) in [5.41, 5.74) is 1.04. The summed E-state index contributed by atoms with van der Waals surface area (Å²) < 4.78 is 4.05. The zero-order chi connectivity index (χ0) is 16.4. The van der Waals surface area contributed by atoms with Crippen LogP contribution >= 0.6 is 0 Å². The highest BCUT2D eigenvalue weighted by Gasteiger charge is 2.27. The third kappa shape index (κ3) is 3.30. The minimum absolute atomic E-state index is 0.174. The molecule has 23 heavy (non-hydrogen) atoms. The van der Waals surface area contributed by atoms with E-state index in [2.05, 4.69) is 27.7 Å². The molecule has 0 N–H and O–H groups in total. The third-order valence-electron chi connectivity index (χ3n) is 4.60. The molecule has 2 aromatic heterocycles. The van der Waals surface area contributed by atoms with Crippen molar-refractivity contribution < 1.29 is 4.79 Å². The van der Waals surface area contributed by atoms with Gasteiger partial charge in [-0.25, -0.2) is 9.97 Å². The summed E-state index contributed by atoms with van der Waals surface area (Å²) in [7, 11) is 2.04. The first-order valence-corrected chi connectivity index (χ1v) is 8.36. The van der Waals surface area contributed by atoms with Crippen molar-refractivity contribution in [1.82, 2.24) is 24.0 Å². The quantitative estimate of drug-likeness (QED) is 0.866. The van der Waals surface area contributed by atoms with Crippen molar-refractivity contribution in [3.63, 3.8) is 0 Å². The van der Waals surface area contributed by atoms with Crippen molar-refractivity contribution in [1.29, 1.82) is 0 Å². The maximum absolute atomic E-state index is 12.7. The molecule has 3 heterocycles. The Kier molecular flexibility index (Phi) is 4.50. The summed E-state index contributed by atoms with van der Waals surface area (Å²) in [6.45, 7) is 6.06. The first-order valence-electron chi connectivity index (χ1n) is 8.36. The van der Waals surface area contributed by atoms with Gasteiger partial charge in [0.15, 0.2) is 0 Å². The summed E-state index contributed by atoms with van der Waals surface area (Å²) in [4.78, 5) is 23.6. The minimum Gasteiger partial charge on any atom is -0.340 e. The van der Waals surface area contributed by atoms with E-state index in [-0.39, 0.29) is 5.91 Å². The van der Waals surface area contributed by atoms with Crippen molar-refractivity contribution in [3.05, 3.63) is 35.9 Å². The molecule has 1 saturated heterocycles. The molecular weight excluding hydrogens is 290 g/mol. The minimum atomic E-state index is 0.174. The Labute approximate surface area is 137 Å². The highest BCUT2D eigenvalue weighted by Crippen LogP contribution is 2.26. The smallest absolute Gasteiger partial charge is 0.242 e. The van der Waals surface area contributed by atoms with E-state index in [0.717, 1.165) is 49.7 Å². The second kappa shape index (κ2) is 6.56. The molecule has 6 nitrogen and oxygen atoms in total. The summed E-state index contributed by atoms with van der Waals surface area (Å²) in [5.74, 6) is 2.57. The Bertz CT molecular complexity index is 687. The van der Waals surface area contributed by atoms with Crippen molar-refractivity contribution >= 4 is 5.91 Å². The first-order chi connectivity index (χ1) is 11.1. The van der Waals surface area contributed by atoms with Gasteiger partial charge in [-0.15, -0.1) is 0 Å². The van der Waals surface area contributed by atoms with E-state index < -0.39 is 0 Å². The SMILES string of the molecule is CCc1nccn1CC(=O)N1CCC[C@@H](c2nc(C)cn2C)C1. The summed E-state index contributed by atoms with van der Waals surface area (Å²) in [6, 6.07) is 0. The number of hydrogen-bond acceptors (Lipinski definition) is 3. The van der Waals surface area contributed by atoms with Gasteiger partial charge in [0, 0.05) is 51.1 Å². The van der Waals surface area contributed by atoms with Crippen LogP contribution in [0.25, 0.3) is 0 Å². The number of carbonyl (C=O) groups is 1. The van der Waals surface area contributed by atoms with Crippen molar-refractivity contribution in [3.8, 4) is 0 Å². The van der Waals surface area contributed by atoms with E-state index in [1.807, 2.05) is 29.6 Å². The number of hydrogen-bond donors (Lipinski definition) is 0. The van der Waals surface area contributed by atoms with Crippen LogP contribution in [0.4, 0.5) is 0 Å². The molecule has 0 unspecified atom stereocenters. The van der Waals surface area contributed by atoms with E-state index >= 15 is 0 Å². The number of likely N-dealkylation sites (tertiary alicyclic amines) is 1. The fraction of sp³-hybridized carbons (Fsp3) is 0.588. The zero-order valence-electron chi connectivity index (χ0n) is 14.2. The highest BCUT2D eigenvalue weighted by molar-refractivity contribution is 5.76. The molecule has 1 amide bonds. The van der Waals surface area contributed by atoms with Gasteiger partial charge in [0.25, 0.3) is 0 Å². The van der Waals surface area contributed by atoms with E-state index in [0.29, 0.717) is 12.5 Å². The molecule has 1 atom stereocenters. The normalized spacial score (nSPS) is 18.4. The number of nitrogens with zero attached hydrogens (tertiary/aromatic N) is 5. The van der Waals surface area contributed by atoms with Crippen LogP contribution in [-0.2, 0) is 24.8 Å². The first kappa shape index (κ1) is 15.8. The number of piperidine rings is 1. The monoisotopic (exact) mass is 315 g/mol. The number of imidazole rings is 2. The molecule has 1 aliphatic heterocycles. The van der Waals surface area contributed by atoms with Crippen molar-refractivity contribution in [2.24, 2.45) is 7.05 Å². The average molecular weight is 315 g/mol. The van der Waals surface area contributed by atoms with Gasteiger partial charge in [-0.05, 0) is 19.8 Å². The predicted octanol–water partition coefficient (Wildman–Crippen LogP) is 1.89. The molecule has 0 bridgehead atoms. The molecule has 0 saturated carbocycles. The fourth-order valence-corrected chi connectivity index (χ4v) is 3.47. The van der Waals surface area contributed by atoms with Crippen LogP contribution in [0.3, 0.4) is 0 Å². The lowest BCUT2D eigenvalue weighted by atomic mass is 9.97. The molecule has 0 aromatic carbocycles. The number of aromatic nitrogens is 4. The lowest BCUT2D eigenvalue weighted by Gasteiger charge is -2.32. The standard InChI is InChI=1S/C17H25N5O/c1-4-15-18-7-9-21(15)12-16(23)22-8-5-6-14(11-22)17-19-13(2)10-20(17)3/h7,9-10,14H,4-6,8,11-12H2,1-3H3/t14-/m1/s1. The van der Waals surface area contributed by atoms with Gasteiger partial charge >= 0.3 is 0 Å². The largest absolute Gasteiger partial charge is 0.340 e. The molecule has 0 radical (unpaired) electrons. The molecule has 124 valence electrons. The van der Waals surface area contributed by atoms with Gasteiger partial charge in [-0.2, -0.15) is 0 Å². The van der Waals surface area contributed by atoms with Crippen LogP contribution in [0, 0.1) is 6.92 Å². The Morgan fingerprint density at radius 3 is 2.96 bits per heavy atom. The summed E-state index contributed by atoms with van der Waals surface area (Å²) >= 11 is 0. The molecule has 1 fully saturated rings. The lowest BCUT2D eigenvalue weighted by Crippen LogP contribution is -2.41. The van der Waals surface area contributed by atoms with Crippen LogP contribution in [0.1, 0.15) is 43.0 Å². The van der Waals surface area contributed by atoms with Gasteiger partial charge in [-0.3, -0.25) is 4.79 Å². The van der Waals surface area contributed by atoms with E-state index in [9.17, 15) is 4.79 Å². The van der Waals surface area contributed by atoms with Crippen LogP contribution in [0.5, 0.6) is 0 Å². The van der Waals surface area contributed by atoms with Crippen LogP contribution in [0.2, 0.25) is 0 Å². The Balaban J connectivity index is 1.68. The Hall–Kier alpha value is -2.11.